The Balaban J connectivity index is 1.59. The molecular weight excluding hydrogens is 398 g/mol. The van der Waals surface area contributed by atoms with Crippen molar-refractivity contribution in [1.29, 1.82) is 0 Å². The highest BCUT2D eigenvalue weighted by Gasteiger charge is 2.20. The number of nitro benzene ring substituents is 1. The Morgan fingerprint density at radius 1 is 0.935 bits per heavy atom. The molecule has 3 rings (SSSR count). The van der Waals surface area contributed by atoms with E-state index in [1.54, 1.807) is 42.5 Å². The maximum atomic E-state index is 12.4. The summed E-state index contributed by atoms with van der Waals surface area (Å²) in [5.41, 5.74) is 2.40. The Kier molecular flexibility index (Phi) is 6.61. The van der Waals surface area contributed by atoms with Gasteiger partial charge in [0.1, 0.15) is 0 Å². The van der Waals surface area contributed by atoms with E-state index in [1.807, 2.05) is 19.1 Å². The Morgan fingerprint density at radius 2 is 1.58 bits per heavy atom. The van der Waals surface area contributed by atoms with Gasteiger partial charge in [-0.1, -0.05) is 29.8 Å². The topological polar surface area (TPSA) is 111 Å². The summed E-state index contributed by atoms with van der Waals surface area (Å²) >= 11 is 0. The van der Waals surface area contributed by atoms with Gasteiger partial charge in [-0.2, -0.15) is 0 Å². The van der Waals surface area contributed by atoms with Crippen LogP contribution in [-0.2, 0) is 4.79 Å². The van der Waals surface area contributed by atoms with Crippen molar-refractivity contribution in [3.63, 3.8) is 0 Å². The van der Waals surface area contributed by atoms with Crippen molar-refractivity contribution in [2.75, 3.05) is 10.6 Å². The maximum absolute atomic E-state index is 12.4. The lowest BCUT2D eigenvalue weighted by Gasteiger charge is -2.15. The lowest BCUT2D eigenvalue weighted by Crippen LogP contribution is -2.30. The van der Waals surface area contributed by atoms with Crippen molar-refractivity contribution in [3.8, 4) is 5.75 Å². The van der Waals surface area contributed by atoms with Gasteiger partial charge in [0.15, 0.2) is 11.9 Å². The standard InChI is InChI=1S/C23H21N3O5/c1-15-6-5-7-17(14-15)23(28)25-19-12-10-18(11-13-19)24-22(27)16(2)31-21-9-4-3-8-20(21)26(29)30/h3-14,16H,1-2H3,(H,24,27)(H,25,28). The third-order valence-electron chi connectivity index (χ3n) is 4.43. The van der Waals surface area contributed by atoms with Gasteiger partial charge in [-0.25, -0.2) is 0 Å². The molecule has 1 atom stereocenters. The van der Waals surface area contributed by atoms with Crippen molar-refractivity contribution >= 4 is 28.9 Å². The van der Waals surface area contributed by atoms with Gasteiger partial charge in [0.05, 0.1) is 4.92 Å². The SMILES string of the molecule is Cc1cccc(C(=O)Nc2ccc(NC(=O)C(C)Oc3ccccc3[N+](=O)[O-])cc2)c1. The summed E-state index contributed by atoms with van der Waals surface area (Å²) in [7, 11) is 0. The minimum Gasteiger partial charge on any atom is -0.474 e. The second-order valence-electron chi connectivity index (χ2n) is 6.88. The number of aryl methyl sites for hydroxylation is 1. The summed E-state index contributed by atoms with van der Waals surface area (Å²) in [4.78, 5) is 35.2. The smallest absolute Gasteiger partial charge is 0.310 e. The zero-order valence-electron chi connectivity index (χ0n) is 17.0. The lowest BCUT2D eigenvalue weighted by atomic mass is 10.1. The average molecular weight is 419 g/mol. The van der Waals surface area contributed by atoms with Crippen LogP contribution in [0.15, 0.2) is 72.8 Å². The number of anilines is 2. The van der Waals surface area contributed by atoms with E-state index in [4.69, 9.17) is 4.74 Å². The van der Waals surface area contributed by atoms with Crippen LogP contribution in [0.2, 0.25) is 0 Å². The van der Waals surface area contributed by atoms with Crippen molar-refractivity contribution in [2.24, 2.45) is 0 Å². The first-order valence-corrected chi connectivity index (χ1v) is 9.52. The lowest BCUT2D eigenvalue weighted by molar-refractivity contribution is -0.386. The van der Waals surface area contributed by atoms with Gasteiger partial charge in [0.25, 0.3) is 11.8 Å². The number of carbonyl (C=O) groups is 2. The average Bonchev–Trinajstić information content (AvgIpc) is 2.75. The van der Waals surface area contributed by atoms with E-state index < -0.39 is 16.9 Å². The summed E-state index contributed by atoms with van der Waals surface area (Å²) in [6.07, 6.45) is -0.957. The van der Waals surface area contributed by atoms with E-state index in [9.17, 15) is 19.7 Å². The predicted octanol–water partition coefficient (Wildman–Crippen LogP) is 4.56. The molecule has 0 saturated carbocycles. The molecule has 3 aromatic rings. The molecule has 8 nitrogen and oxygen atoms in total. The Labute approximate surface area is 179 Å². The number of hydrogen-bond acceptors (Lipinski definition) is 5. The third kappa shape index (κ3) is 5.66. The van der Waals surface area contributed by atoms with Crippen molar-refractivity contribution < 1.29 is 19.2 Å². The molecule has 0 radical (unpaired) electrons. The Morgan fingerprint density at radius 3 is 2.23 bits per heavy atom. The summed E-state index contributed by atoms with van der Waals surface area (Å²) in [6.45, 7) is 3.41. The third-order valence-corrected chi connectivity index (χ3v) is 4.43. The van der Waals surface area contributed by atoms with Gasteiger partial charge in [0, 0.05) is 23.0 Å². The number of para-hydroxylation sites is 2. The fourth-order valence-electron chi connectivity index (χ4n) is 2.82. The second kappa shape index (κ2) is 9.53. The number of nitro groups is 1. The van der Waals surface area contributed by atoms with Gasteiger partial charge in [-0.05, 0) is 56.3 Å². The van der Waals surface area contributed by atoms with E-state index in [1.165, 1.54) is 25.1 Å². The Hall–Kier alpha value is -4.20. The molecule has 0 saturated heterocycles. The number of carbonyl (C=O) groups excluding carboxylic acids is 2. The number of benzene rings is 3. The highest BCUT2D eigenvalue weighted by atomic mass is 16.6. The van der Waals surface area contributed by atoms with Crippen LogP contribution in [0.3, 0.4) is 0 Å². The van der Waals surface area contributed by atoms with Crippen LogP contribution in [0.5, 0.6) is 5.75 Å². The van der Waals surface area contributed by atoms with Crippen molar-refractivity contribution in [2.45, 2.75) is 20.0 Å². The van der Waals surface area contributed by atoms with E-state index in [0.717, 1.165) is 5.56 Å². The van der Waals surface area contributed by atoms with Gasteiger partial charge in [0.2, 0.25) is 0 Å². The summed E-state index contributed by atoms with van der Waals surface area (Å²) in [6, 6.07) is 19.7. The maximum Gasteiger partial charge on any atom is 0.310 e. The van der Waals surface area contributed by atoms with Crippen molar-refractivity contribution in [3.05, 3.63) is 94.0 Å². The van der Waals surface area contributed by atoms with E-state index in [0.29, 0.717) is 16.9 Å². The first-order chi connectivity index (χ1) is 14.8. The Bertz CT molecular complexity index is 1110. The molecule has 2 N–H and O–H groups in total. The minimum absolute atomic E-state index is 0.0179. The molecule has 2 amide bonds. The number of nitrogens with zero attached hydrogens (tertiary/aromatic N) is 1. The van der Waals surface area contributed by atoms with Crippen LogP contribution in [0.25, 0.3) is 0 Å². The molecule has 0 aliphatic heterocycles. The number of nitrogens with one attached hydrogen (secondary N) is 2. The highest BCUT2D eigenvalue weighted by Crippen LogP contribution is 2.27. The largest absolute Gasteiger partial charge is 0.474 e. The fraction of sp³-hybridized carbons (Fsp3) is 0.130. The predicted molar refractivity (Wildman–Crippen MR) is 117 cm³/mol. The molecule has 0 spiro atoms. The molecule has 0 aliphatic carbocycles. The van der Waals surface area contributed by atoms with Crippen LogP contribution in [0.4, 0.5) is 17.1 Å². The highest BCUT2D eigenvalue weighted by molar-refractivity contribution is 6.04. The molecule has 0 heterocycles. The zero-order chi connectivity index (χ0) is 22.4. The first-order valence-electron chi connectivity index (χ1n) is 9.52. The van der Waals surface area contributed by atoms with Gasteiger partial charge in [-0.3, -0.25) is 19.7 Å². The molecule has 0 aromatic heterocycles. The molecular formula is C23H21N3O5. The number of rotatable bonds is 7. The molecule has 158 valence electrons. The summed E-state index contributed by atoms with van der Waals surface area (Å²) < 4.78 is 5.47. The van der Waals surface area contributed by atoms with Gasteiger partial charge in [-0.15, -0.1) is 0 Å². The zero-order valence-corrected chi connectivity index (χ0v) is 17.0. The van der Waals surface area contributed by atoms with Gasteiger partial charge >= 0.3 is 5.69 Å². The van der Waals surface area contributed by atoms with Crippen LogP contribution in [0, 0.1) is 17.0 Å². The number of amides is 2. The van der Waals surface area contributed by atoms with Crippen LogP contribution >= 0.6 is 0 Å². The van der Waals surface area contributed by atoms with Crippen LogP contribution in [-0.4, -0.2) is 22.8 Å². The van der Waals surface area contributed by atoms with E-state index >= 15 is 0 Å². The first kappa shape index (κ1) is 21.5. The molecule has 3 aromatic carbocycles. The fourth-order valence-corrected chi connectivity index (χ4v) is 2.82. The quantitative estimate of drug-likeness (QED) is 0.431. The molecule has 0 fully saturated rings. The number of hydrogen-bond donors (Lipinski definition) is 2. The van der Waals surface area contributed by atoms with E-state index in [-0.39, 0.29) is 17.3 Å². The van der Waals surface area contributed by atoms with Gasteiger partial charge < -0.3 is 15.4 Å². The van der Waals surface area contributed by atoms with Crippen LogP contribution in [0.1, 0.15) is 22.8 Å². The summed E-state index contributed by atoms with van der Waals surface area (Å²) in [5, 5.41) is 16.6. The normalized spacial score (nSPS) is 11.3. The molecule has 0 aliphatic rings. The van der Waals surface area contributed by atoms with E-state index in [2.05, 4.69) is 10.6 Å². The monoisotopic (exact) mass is 419 g/mol. The second-order valence-corrected chi connectivity index (χ2v) is 6.88. The molecule has 8 heteroatoms. The summed E-state index contributed by atoms with van der Waals surface area (Å²) in [5.74, 6) is -0.675. The number of ether oxygens (including phenoxy) is 1. The molecule has 0 bridgehead atoms. The van der Waals surface area contributed by atoms with Crippen molar-refractivity contribution in [1.82, 2.24) is 0 Å². The molecule has 31 heavy (non-hydrogen) atoms. The minimum atomic E-state index is -0.957. The van der Waals surface area contributed by atoms with Crippen LogP contribution < -0.4 is 15.4 Å². The molecule has 1 unspecified atom stereocenters.